The monoisotopic (exact) mass is 243 g/mol. The third-order valence-electron chi connectivity index (χ3n) is 2.26. The summed E-state index contributed by atoms with van der Waals surface area (Å²) in [6.45, 7) is 0.368. The third-order valence-corrected chi connectivity index (χ3v) is 3.12. The minimum absolute atomic E-state index is 0.368. The molecule has 17 heavy (non-hydrogen) atoms. The Bertz CT molecular complexity index is 552. The number of aldehydes is 1. The number of carbonyl (C=O) groups is 1. The molecule has 0 radical (unpaired) electrons. The summed E-state index contributed by atoms with van der Waals surface area (Å²) in [6.07, 6.45) is 0.788. The Morgan fingerprint density at radius 2 is 2.06 bits per heavy atom. The summed E-state index contributed by atoms with van der Waals surface area (Å²) in [5.74, 6) is 0.686. The summed E-state index contributed by atoms with van der Waals surface area (Å²) < 4.78 is 5.53. The second kappa shape index (κ2) is 5.28. The fraction of sp³-hybridized carbons (Fsp3) is 0.0769. The maximum Gasteiger partial charge on any atom is 0.150 e. The second-order valence-electron chi connectivity index (χ2n) is 3.36. The molecule has 1 heterocycles. The van der Waals surface area contributed by atoms with Gasteiger partial charge in [-0.05, 0) is 35.7 Å². The van der Waals surface area contributed by atoms with E-state index in [-0.39, 0.29) is 0 Å². The quantitative estimate of drug-likeness (QED) is 0.775. The zero-order valence-electron chi connectivity index (χ0n) is 8.92. The molecule has 0 spiro atoms. The number of hydrogen-bond donors (Lipinski definition) is 0. The first-order valence-electron chi connectivity index (χ1n) is 4.98. The van der Waals surface area contributed by atoms with Gasteiger partial charge in [0, 0.05) is 11.1 Å². The van der Waals surface area contributed by atoms with Crippen LogP contribution in [0.3, 0.4) is 0 Å². The van der Waals surface area contributed by atoms with Crippen molar-refractivity contribution in [1.29, 1.82) is 5.26 Å². The van der Waals surface area contributed by atoms with Crippen LogP contribution in [0.15, 0.2) is 35.7 Å². The minimum atomic E-state index is 0.368. The van der Waals surface area contributed by atoms with Crippen molar-refractivity contribution in [2.45, 2.75) is 6.61 Å². The number of rotatable bonds is 4. The van der Waals surface area contributed by atoms with E-state index in [0.29, 0.717) is 22.8 Å². The summed E-state index contributed by atoms with van der Waals surface area (Å²) in [5, 5.41) is 10.7. The van der Waals surface area contributed by atoms with Gasteiger partial charge in [-0.1, -0.05) is 0 Å². The van der Waals surface area contributed by atoms with Crippen molar-refractivity contribution in [3.8, 4) is 11.8 Å². The Labute approximate surface area is 103 Å². The zero-order chi connectivity index (χ0) is 12.1. The normalized spacial score (nSPS) is 9.59. The van der Waals surface area contributed by atoms with Crippen LogP contribution in [0, 0.1) is 11.3 Å². The van der Waals surface area contributed by atoms with E-state index in [9.17, 15) is 4.79 Å². The topological polar surface area (TPSA) is 50.1 Å². The number of benzene rings is 1. The lowest BCUT2D eigenvalue weighted by atomic mass is 10.2. The van der Waals surface area contributed by atoms with Crippen LogP contribution in [0.2, 0.25) is 0 Å². The maximum absolute atomic E-state index is 10.5. The van der Waals surface area contributed by atoms with E-state index < -0.39 is 0 Å². The highest BCUT2D eigenvalue weighted by atomic mass is 32.1. The number of thiophene rings is 1. The Balaban J connectivity index is 2.02. The van der Waals surface area contributed by atoms with Crippen molar-refractivity contribution in [2.24, 2.45) is 0 Å². The molecule has 1 aromatic carbocycles. The Kier molecular flexibility index (Phi) is 3.53. The predicted molar refractivity (Wildman–Crippen MR) is 65.2 cm³/mol. The van der Waals surface area contributed by atoms with Gasteiger partial charge in [-0.2, -0.15) is 5.26 Å². The van der Waals surface area contributed by atoms with Gasteiger partial charge in [0.15, 0.2) is 0 Å². The molecule has 0 aliphatic heterocycles. The molecule has 3 nitrogen and oxygen atoms in total. The lowest BCUT2D eigenvalue weighted by Crippen LogP contribution is -1.95. The molecule has 0 N–H and O–H groups in total. The van der Waals surface area contributed by atoms with E-state index >= 15 is 0 Å². The van der Waals surface area contributed by atoms with Gasteiger partial charge in [-0.3, -0.25) is 4.79 Å². The van der Waals surface area contributed by atoms with Gasteiger partial charge in [-0.25, -0.2) is 0 Å². The first kappa shape index (κ1) is 11.4. The van der Waals surface area contributed by atoms with Crippen LogP contribution in [-0.2, 0) is 6.61 Å². The number of nitriles is 1. The van der Waals surface area contributed by atoms with Crippen LogP contribution in [-0.4, -0.2) is 6.29 Å². The molecule has 0 atom stereocenters. The fourth-order valence-electron chi connectivity index (χ4n) is 1.35. The Morgan fingerprint density at radius 3 is 2.71 bits per heavy atom. The molecule has 1 aromatic heterocycles. The average Bonchev–Trinajstić information content (AvgIpc) is 2.84. The van der Waals surface area contributed by atoms with E-state index in [1.54, 1.807) is 24.3 Å². The van der Waals surface area contributed by atoms with Gasteiger partial charge in [0.25, 0.3) is 0 Å². The van der Waals surface area contributed by atoms with Gasteiger partial charge in [-0.15, -0.1) is 11.3 Å². The molecule has 84 valence electrons. The summed E-state index contributed by atoms with van der Waals surface area (Å²) in [4.78, 5) is 11.1. The lowest BCUT2D eigenvalue weighted by molar-refractivity contribution is 0.112. The molecule has 0 saturated heterocycles. The molecule has 0 aliphatic carbocycles. The Morgan fingerprint density at radius 1 is 1.29 bits per heavy atom. The van der Waals surface area contributed by atoms with E-state index in [1.165, 1.54) is 11.3 Å². The number of hydrogen-bond acceptors (Lipinski definition) is 4. The van der Waals surface area contributed by atoms with Crippen molar-refractivity contribution in [1.82, 2.24) is 0 Å². The summed E-state index contributed by atoms with van der Waals surface area (Å²) in [7, 11) is 0. The van der Waals surface area contributed by atoms with Crippen LogP contribution in [0.5, 0.6) is 5.75 Å². The van der Waals surface area contributed by atoms with Gasteiger partial charge in [0.2, 0.25) is 0 Å². The van der Waals surface area contributed by atoms with Gasteiger partial charge in [0.1, 0.15) is 29.6 Å². The van der Waals surface area contributed by atoms with Crippen molar-refractivity contribution >= 4 is 17.6 Å². The van der Waals surface area contributed by atoms with Gasteiger partial charge >= 0.3 is 0 Å². The number of carbonyl (C=O) groups excluding carboxylic acids is 1. The van der Waals surface area contributed by atoms with E-state index in [4.69, 9.17) is 10.00 Å². The molecule has 0 fully saturated rings. The molecular formula is C13H9NO2S. The first-order valence-corrected chi connectivity index (χ1v) is 5.86. The Hall–Kier alpha value is -2.12. The van der Waals surface area contributed by atoms with Crippen LogP contribution in [0.4, 0.5) is 0 Å². The highest BCUT2D eigenvalue weighted by Crippen LogP contribution is 2.18. The van der Waals surface area contributed by atoms with Crippen LogP contribution in [0.25, 0.3) is 0 Å². The SMILES string of the molecule is N#Cc1sccc1COc1ccc(C=O)cc1. The van der Waals surface area contributed by atoms with Crippen molar-refractivity contribution < 1.29 is 9.53 Å². The molecule has 2 aromatic rings. The van der Waals surface area contributed by atoms with Crippen LogP contribution < -0.4 is 4.74 Å². The number of nitrogens with zero attached hydrogens (tertiary/aromatic N) is 1. The van der Waals surface area contributed by atoms with E-state index in [1.807, 2.05) is 11.4 Å². The largest absolute Gasteiger partial charge is 0.489 e. The zero-order valence-corrected chi connectivity index (χ0v) is 9.74. The molecule has 0 bridgehead atoms. The highest BCUT2D eigenvalue weighted by Gasteiger charge is 2.04. The van der Waals surface area contributed by atoms with Gasteiger partial charge < -0.3 is 4.74 Å². The minimum Gasteiger partial charge on any atom is -0.489 e. The molecular weight excluding hydrogens is 234 g/mol. The predicted octanol–water partition coefficient (Wildman–Crippen LogP) is 3.01. The summed E-state index contributed by atoms with van der Waals surface area (Å²) >= 11 is 1.40. The second-order valence-corrected chi connectivity index (χ2v) is 4.28. The molecule has 0 aliphatic rings. The summed E-state index contributed by atoms with van der Waals surface area (Å²) in [5.41, 5.74) is 1.50. The summed E-state index contributed by atoms with van der Waals surface area (Å²) in [6, 6.07) is 10.9. The smallest absolute Gasteiger partial charge is 0.150 e. The van der Waals surface area contributed by atoms with Gasteiger partial charge in [0.05, 0.1) is 0 Å². The molecule has 0 saturated carbocycles. The highest BCUT2D eigenvalue weighted by molar-refractivity contribution is 7.10. The first-order chi connectivity index (χ1) is 8.33. The van der Waals surface area contributed by atoms with E-state index in [0.717, 1.165) is 11.8 Å². The third kappa shape index (κ3) is 2.71. The van der Waals surface area contributed by atoms with Crippen molar-refractivity contribution in [3.63, 3.8) is 0 Å². The van der Waals surface area contributed by atoms with Crippen LogP contribution in [0.1, 0.15) is 20.8 Å². The molecule has 2 rings (SSSR count). The van der Waals surface area contributed by atoms with Crippen molar-refractivity contribution in [3.05, 3.63) is 51.7 Å². The fourth-order valence-corrected chi connectivity index (χ4v) is 2.05. The van der Waals surface area contributed by atoms with Crippen molar-refractivity contribution in [2.75, 3.05) is 0 Å². The van der Waals surface area contributed by atoms with Crippen LogP contribution >= 0.6 is 11.3 Å². The standard InChI is InChI=1S/C13H9NO2S/c14-7-13-11(5-6-17-13)9-16-12-3-1-10(8-15)2-4-12/h1-6,8H,9H2. The molecule has 0 unspecified atom stereocenters. The molecule has 0 amide bonds. The average molecular weight is 243 g/mol. The molecule has 4 heteroatoms. The lowest BCUT2D eigenvalue weighted by Gasteiger charge is -2.04. The van der Waals surface area contributed by atoms with E-state index in [2.05, 4.69) is 6.07 Å². The maximum atomic E-state index is 10.5. The number of ether oxygens (including phenoxy) is 1.